The minimum atomic E-state index is -3.79. The number of nitrogens with one attached hydrogen (secondary N) is 1. The Morgan fingerprint density at radius 2 is 1.76 bits per heavy atom. The highest BCUT2D eigenvalue weighted by Gasteiger charge is 2.25. The van der Waals surface area contributed by atoms with E-state index < -0.39 is 20.9 Å². The molecular weight excluding hydrogens is 346 g/mol. The number of rotatable bonds is 5. The molecule has 0 bridgehead atoms. The Morgan fingerprint density at radius 3 is 2.36 bits per heavy atom. The summed E-state index contributed by atoms with van der Waals surface area (Å²) >= 11 is 0. The van der Waals surface area contributed by atoms with E-state index in [4.69, 9.17) is 0 Å². The van der Waals surface area contributed by atoms with Crippen LogP contribution in [0.5, 0.6) is 0 Å². The number of nitro benzene ring substituents is 1. The number of anilines is 1. The number of benzene rings is 2. The summed E-state index contributed by atoms with van der Waals surface area (Å²) in [7, 11) is -1.04. The van der Waals surface area contributed by atoms with E-state index in [1.807, 2.05) is 0 Å². The Morgan fingerprint density at radius 1 is 1.12 bits per heavy atom. The quantitative estimate of drug-likeness (QED) is 0.648. The standard InChI is InChI=1S/C16H17N3O5S/c1-11-7-6-8-12(15(11)19(21)22)16(20)17-13-9-4-5-10-14(13)25(23,24)18(2)3/h4-10H,1-3H3,(H,17,20). The number of carbonyl (C=O) groups excluding carboxylic acids is 1. The molecule has 0 aliphatic heterocycles. The lowest BCUT2D eigenvalue weighted by atomic mass is 10.1. The summed E-state index contributed by atoms with van der Waals surface area (Å²) in [6, 6.07) is 10.3. The largest absolute Gasteiger partial charge is 0.321 e. The fourth-order valence-electron chi connectivity index (χ4n) is 2.27. The Hall–Kier alpha value is -2.78. The van der Waals surface area contributed by atoms with Crippen LogP contribution in [-0.4, -0.2) is 37.6 Å². The van der Waals surface area contributed by atoms with E-state index in [-0.39, 0.29) is 21.8 Å². The zero-order valence-corrected chi connectivity index (χ0v) is 14.7. The lowest BCUT2D eigenvalue weighted by Gasteiger charge is -2.15. The van der Waals surface area contributed by atoms with E-state index in [0.29, 0.717) is 5.56 Å². The van der Waals surface area contributed by atoms with Crippen molar-refractivity contribution in [1.82, 2.24) is 4.31 Å². The van der Waals surface area contributed by atoms with Crippen LogP contribution in [0.2, 0.25) is 0 Å². The zero-order valence-electron chi connectivity index (χ0n) is 13.9. The van der Waals surface area contributed by atoms with Crippen LogP contribution in [0, 0.1) is 17.0 Å². The molecule has 8 nitrogen and oxygen atoms in total. The number of hydrogen-bond acceptors (Lipinski definition) is 5. The normalized spacial score (nSPS) is 11.4. The van der Waals surface area contributed by atoms with E-state index in [0.717, 1.165) is 4.31 Å². The lowest BCUT2D eigenvalue weighted by molar-refractivity contribution is -0.385. The van der Waals surface area contributed by atoms with Crippen LogP contribution >= 0.6 is 0 Å². The number of aryl methyl sites for hydroxylation is 1. The highest BCUT2D eigenvalue weighted by molar-refractivity contribution is 7.89. The molecule has 0 radical (unpaired) electrons. The number of sulfonamides is 1. The molecule has 0 atom stereocenters. The van der Waals surface area contributed by atoms with E-state index >= 15 is 0 Å². The van der Waals surface area contributed by atoms with E-state index in [9.17, 15) is 23.3 Å². The minimum Gasteiger partial charge on any atom is -0.321 e. The molecule has 0 saturated heterocycles. The third kappa shape index (κ3) is 3.67. The van der Waals surface area contributed by atoms with Gasteiger partial charge in [0, 0.05) is 19.7 Å². The summed E-state index contributed by atoms with van der Waals surface area (Å²) in [5.74, 6) is -0.753. The summed E-state index contributed by atoms with van der Waals surface area (Å²) in [6.45, 7) is 1.53. The molecule has 0 aliphatic rings. The fourth-order valence-corrected chi connectivity index (χ4v) is 3.31. The number of amides is 1. The van der Waals surface area contributed by atoms with Crippen molar-refractivity contribution >= 4 is 27.3 Å². The van der Waals surface area contributed by atoms with Crippen molar-refractivity contribution in [3.05, 3.63) is 63.7 Å². The number of nitro groups is 1. The van der Waals surface area contributed by atoms with Crippen LogP contribution in [0.25, 0.3) is 0 Å². The highest BCUT2D eigenvalue weighted by atomic mass is 32.2. The molecule has 1 amide bonds. The van der Waals surface area contributed by atoms with E-state index in [2.05, 4.69) is 5.32 Å². The smallest absolute Gasteiger partial charge is 0.285 e. The average Bonchev–Trinajstić information content (AvgIpc) is 2.54. The summed E-state index contributed by atoms with van der Waals surface area (Å²) in [4.78, 5) is 23.0. The van der Waals surface area contributed by atoms with Crippen molar-refractivity contribution in [2.75, 3.05) is 19.4 Å². The van der Waals surface area contributed by atoms with Crippen molar-refractivity contribution in [1.29, 1.82) is 0 Å². The average molecular weight is 363 g/mol. The van der Waals surface area contributed by atoms with Gasteiger partial charge in [0.2, 0.25) is 10.0 Å². The molecule has 2 aromatic carbocycles. The molecule has 0 aromatic heterocycles. The van der Waals surface area contributed by atoms with Gasteiger partial charge in [-0.15, -0.1) is 0 Å². The highest BCUT2D eigenvalue weighted by Crippen LogP contribution is 2.27. The lowest BCUT2D eigenvalue weighted by Crippen LogP contribution is -2.24. The monoisotopic (exact) mass is 363 g/mol. The van der Waals surface area contributed by atoms with Crippen LogP contribution in [0.1, 0.15) is 15.9 Å². The Balaban J connectivity index is 2.48. The van der Waals surface area contributed by atoms with Crippen molar-refractivity contribution in [3.63, 3.8) is 0 Å². The first-order valence-electron chi connectivity index (χ1n) is 7.23. The Kier molecular flexibility index (Phi) is 5.19. The molecule has 0 fully saturated rings. The van der Waals surface area contributed by atoms with Gasteiger partial charge in [0.25, 0.3) is 11.6 Å². The minimum absolute atomic E-state index is 0.0528. The van der Waals surface area contributed by atoms with Crippen LogP contribution in [0.4, 0.5) is 11.4 Å². The van der Waals surface area contributed by atoms with Gasteiger partial charge >= 0.3 is 0 Å². The second-order valence-electron chi connectivity index (χ2n) is 5.47. The Bertz CT molecular complexity index is 939. The molecular formula is C16H17N3O5S. The summed E-state index contributed by atoms with van der Waals surface area (Å²) in [5, 5.41) is 13.7. The van der Waals surface area contributed by atoms with E-state index in [1.54, 1.807) is 6.07 Å². The first-order valence-corrected chi connectivity index (χ1v) is 8.67. The van der Waals surface area contributed by atoms with Crippen molar-refractivity contribution in [2.45, 2.75) is 11.8 Å². The maximum Gasteiger partial charge on any atom is 0.285 e. The van der Waals surface area contributed by atoms with Crippen molar-refractivity contribution in [3.8, 4) is 0 Å². The van der Waals surface area contributed by atoms with Crippen LogP contribution in [0.3, 0.4) is 0 Å². The zero-order chi connectivity index (χ0) is 18.8. The topological polar surface area (TPSA) is 110 Å². The van der Waals surface area contributed by atoms with Crippen LogP contribution in [0.15, 0.2) is 47.4 Å². The molecule has 2 rings (SSSR count). The third-order valence-corrected chi connectivity index (χ3v) is 5.43. The predicted molar refractivity (Wildman–Crippen MR) is 93.1 cm³/mol. The SMILES string of the molecule is Cc1cccc(C(=O)Nc2ccccc2S(=O)(=O)N(C)C)c1[N+](=O)[O-]. The maximum absolute atomic E-state index is 12.5. The number of carbonyl (C=O) groups is 1. The predicted octanol–water partition coefficient (Wildman–Crippen LogP) is 2.41. The first kappa shape index (κ1) is 18.6. The van der Waals surface area contributed by atoms with E-state index in [1.165, 1.54) is 57.4 Å². The molecule has 0 spiro atoms. The molecule has 0 aliphatic carbocycles. The van der Waals surface area contributed by atoms with Crippen LogP contribution < -0.4 is 5.32 Å². The first-order chi connectivity index (χ1) is 11.7. The molecule has 0 unspecified atom stereocenters. The number of para-hydroxylation sites is 2. The fraction of sp³-hybridized carbons (Fsp3) is 0.188. The second kappa shape index (κ2) is 6.99. The summed E-state index contributed by atoms with van der Waals surface area (Å²) < 4.78 is 25.8. The maximum atomic E-state index is 12.5. The van der Waals surface area contributed by atoms with Gasteiger partial charge < -0.3 is 5.32 Å². The van der Waals surface area contributed by atoms with Gasteiger partial charge in [0.15, 0.2) is 0 Å². The summed E-state index contributed by atoms with van der Waals surface area (Å²) in [5.41, 5.74) is -0.0566. The van der Waals surface area contributed by atoms with Gasteiger partial charge in [-0.05, 0) is 25.1 Å². The molecule has 0 saturated carbocycles. The van der Waals surface area contributed by atoms with Gasteiger partial charge in [0.05, 0.1) is 10.6 Å². The molecule has 2 aromatic rings. The van der Waals surface area contributed by atoms with Crippen LogP contribution in [-0.2, 0) is 10.0 Å². The van der Waals surface area contributed by atoms with Crippen molar-refractivity contribution < 1.29 is 18.1 Å². The van der Waals surface area contributed by atoms with Gasteiger partial charge in [-0.2, -0.15) is 0 Å². The van der Waals surface area contributed by atoms with Gasteiger partial charge in [-0.1, -0.05) is 24.3 Å². The molecule has 132 valence electrons. The van der Waals surface area contributed by atoms with Gasteiger partial charge in [-0.25, -0.2) is 12.7 Å². The second-order valence-corrected chi connectivity index (χ2v) is 7.59. The molecule has 1 N–H and O–H groups in total. The number of hydrogen-bond donors (Lipinski definition) is 1. The van der Waals surface area contributed by atoms with Gasteiger partial charge in [-0.3, -0.25) is 14.9 Å². The van der Waals surface area contributed by atoms with Gasteiger partial charge in [0.1, 0.15) is 10.5 Å². The Labute approximate surface area is 145 Å². The number of nitrogens with zero attached hydrogens (tertiary/aromatic N) is 2. The molecule has 0 heterocycles. The third-order valence-electron chi connectivity index (χ3n) is 3.56. The molecule has 25 heavy (non-hydrogen) atoms. The molecule has 9 heteroatoms. The summed E-state index contributed by atoms with van der Waals surface area (Å²) in [6.07, 6.45) is 0. The van der Waals surface area contributed by atoms with Crippen molar-refractivity contribution in [2.24, 2.45) is 0 Å².